The lowest BCUT2D eigenvalue weighted by molar-refractivity contribution is -0.385. The van der Waals surface area contributed by atoms with Crippen LogP contribution >= 0.6 is 15.9 Å². The third kappa shape index (κ3) is 5.98. The normalized spacial score (nSPS) is 11.6. The molecule has 1 rings (SSSR count). The first-order chi connectivity index (χ1) is 9.34. The fraction of sp³-hybridized carbons (Fsp3) is 0.571. The van der Waals surface area contributed by atoms with E-state index in [4.69, 9.17) is 4.74 Å². The van der Waals surface area contributed by atoms with Crippen molar-refractivity contribution >= 4 is 21.6 Å². The summed E-state index contributed by atoms with van der Waals surface area (Å²) in [5.41, 5.74) is 1.14. The molecule has 20 heavy (non-hydrogen) atoms. The zero-order chi connectivity index (χ0) is 15.2. The van der Waals surface area contributed by atoms with Gasteiger partial charge < -0.3 is 10.1 Å². The predicted octanol–water partition coefficient (Wildman–Crippen LogP) is 3.51. The molecule has 5 nitrogen and oxygen atoms in total. The fourth-order valence-electron chi connectivity index (χ4n) is 1.85. The number of non-ortho nitro benzene ring substituents is 1. The number of nitrogens with zero attached hydrogens (tertiary/aromatic N) is 1. The maximum absolute atomic E-state index is 10.8. The van der Waals surface area contributed by atoms with Crippen LogP contribution in [0.15, 0.2) is 22.7 Å². The number of ether oxygens (including phenoxy) is 1. The van der Waals surface area contributed by atoms with Crippen molar-refractivity contribution in [3.05, 3.63) is 38.3 Å². The van der Waals surface area contributed by atoms with Gasteiger partial charge in [-0.2, -0.15) is 0 Å². The molecule has 1 N–H and O–H groups in total. The highest BCUT2D eigenvalue weighted by Crippen LogP contribution is 2.22. The van der Waals surface area contributed by atoms with Crippen LogP contribution in [0.4, 0.5) is 5.69 Å². The summed E-state index contributed by atoms with van der Waals surface area (Å²) in [6.07, 6.45) is 0.967. The molecule has 0 unspecified atom stereocenters. The molecule has 0 aromatic heterocycles. The molecular formula is C14H21BrN2O3. The number of nitro groups is 1. The fourth-order valence-corrected chi connectivity index (χ4v) is 2.38. The largest absolute Gasteiger partial charge is 0.385 e. The third-order valence-electron chi connectivity index (χ3n) is 3.07. The number of halogens is 1. The third-order valence-corrected chi connectivity index (χ3v) is 3.53. The summed E-state index contributed by atoms with van der Waals surface area (Å²) in [7, 11) is 1.70. The lowest BCUT2D eigenvalue weighted by atomic mass is 9.89. The molecule has 0 heterocycles. The molecule has 0 aliphatic rings. The number of nitrogens with one attached hydrogen (secondary N) is 1. The minimum Gasteiger partial charge on any atom is -0.385 e. The van der Waals surface area contributed by atoms with Crippen molar-refractivity contribution in [3.8, 4) is 0 Å². The summed E-state index contributed by atoms with van der Waals surface area (Å²) in [5.74, 6) is 0. The van der Waals surface area contributed by atoms with Crippen molar-refractivity contribution in [1.82, 2.24) is 5.32 Å². The topological polar surface area (TPSA) is 64.4 Å². The lowest BCUT2D eigenvalue weighted by Gasteiger charge is -2.24. The average Bonchev–Trinajstić information content (AvgIpc) is 2.35. The van der Waals surface area contributed by atoms with E-state index in [-0.39, 0.29) is 16.0 Å². The van der Waals surface area contributed by atoms with Crippen molar-refractivity contribution < 1.29 is 9.66 Å². The summed E-state index contributed by atoms with van der Waals surface area (Å²) in [5, 5.41) is 14.2. The molecule has 0 saturated carbocycles. The van der Waals surface area contributed by atoms with Crippen molar-refractivity contribution in [2.75, 3.05) is 20.3 Å². The Morgan fingerprint density at radius 1 is 1.40 bits per heavy atom. The smallest absolute Gasteiger partial charge is 0.270 e. The zero-order valence-corrected chi connectivity index (χ0v) is 13.7. The number of nitro benzene ring substituents is 1. The van der Waals surface area contributed by atoms with Crippen molar-refractivity contribution in [2.24, 2.45) is 5.41 Å². The van der Waals surface area contributed by atoms with Crippen LogP contribution in [0.3, 0.4) is 0 Å². The van der Waals surface area contributed by atoms with Crippen LogP contribution in [0.1, 0.15) is 25.8 Å². The highest BCUT2D eigenvalue weighted by molar-refractivity contribution is 9.10. The van der Waals surface area contributed by atoms with E-state index in [1.807, 2.05) is 6.07 Å². The average molecular weight is 345 g/mol. The van der Waals surface area contributed by atoms with Gasteiger partial charge in [0.25, 0.3) is 5.69 Å². The van der Waals surface area contributed by atoms with Gasteiger partial charge in [0.2, 0.25) is 0 Å². The molecule has 0 aliphatic heterocycles. The quantitative estimate of drug-likeness (QED) is 0.578. The zero-order valence-electron chi connectivity index (χ0n) is 12.1. The van der Waals surface area contributed by atoms with Crippen LogP contribution in [0.5, 0.6) is 0 Å². The number of benzene rings is 1. The van der Waals surface area contributed by atoms with Gasteiger partial charge in [0.1, 0.15) is 0 Å². The summed E-state index contributed by atoms with van der Waals surface area (Å²) in [6.45, 7) is 6.51. The van der Waals surface area contributed by atoms with E-state index >= 15 is 0 Å². The molecular weight excluding hydrogens is 324 g/mol. The van der Waals surface area contributed by atoms with Crippen LogP contribution in [0.2, 0.25) is 0 Å². The SMILES string of the molecule is COCCC(C)(C)CNCc1cc(Br)cc([N+](=O)[O-])c1. The van der Waals surface area contributed by atoms with E-state index in [1.54, 1.807) is 13.2 Å². The van der Waals surface area contributed by atoms with Gasteiger partial charge in [-0.1, -0.05) is 29.8 Å². The highest BCUT2D eigenvalue weighted by Gasteiger charge is 2.17. The first-order valence-electron chi connectivity index (χ1n) is 6.47. The Morgan fingerprint density at radius 2 is 2.10 bits per heavy atom. The monoisotopic (exact) mass is 344 g/mol. The minimum atomic E-state index is -0.378. The Kier molecular flexibility index (Phi) is 6.58. The number of hydrogen-bond donors (Lipinski definition) is 1. The number of methoxy groups -OCH3 is 1. The molecule has 0 bridgehead atoms. The molecule has 112 valence electrons. The molecule has 1 aromatic rings. The Balaban J connectivity index is 2.55. The van der Waals surface area contributed by atoms with Crippen LogP contribution in [-0.2, 0) is 11.3 Å². The molecule has 1 aromatic carbocycles. The Labute approximate surface area is 128 Å². The van der Waals surface area contributed by atoms with Gasteiger partial charge in [0, 0.05) is 43.4 Å². The maximum atomic E-state index is 10.8. The summed E-state index contributed by atoms with van der Waals surface area (Å²) >= 11 is 3.30. The number of hydrogen-bond acceptors (Lipinski definition) is 4. The van der Waals surface area contributed by atoms with Gasteiger partial charge in [-0.15, -0.1) is 0 Å². The first-order valence-corrected chi connectivity index (χ1v) is 7.27. The minimum absolute atomic E-state index is 0.106. The maximum Gasteiger partial charge on any atom is 0.270 e. The van der Waals surface area contributed by atoms with E-state index in [1.165, 1.54) is 6.07 Å². The van der Waals surface area contributed by atoms with Crippen molar-refractivity contribution in [1.29, 1.82) is 0 Å². The predicted molar refractivity (Wildman–Crippen MR) is 82.8 cm³/mol. The second kappa shape index (κ2) is 7.71. The lowest BCUT2D eigenvalue weighted by Crippen LogP contribution is -2.30. The molecule has 0 atom stereocenters. The van der Waals surface area contributed by atoms with Gasteiger partial charge in [-0.3, -0.25) is 10.1 Å². The van der Waals surface area contributed by atoms with E-state index in [0.29, 0.717) is 6.54 Å². The molecule has 0 spiro atoms. The Morgan fingerprint density at radius 3 is 2.70 bits per heavy atom. The van der Waals surface area contributed by atoms with Crippen molar-refractivity contribution in [2.45, 2.75) is 26.8 Å². The Bertz CT molecular complexity index is 464. The summed E-state index contributed by atoms with van der Waals surface area (Å²) < 4.78 is 5.82. The van der Waals surface area contributed by atoms with Gasteiger partial charge in [0.05, 0.1) is 4.92 Å². The summed E-state index contributed by atoms with van der Waals surface area (Å²) in [6, 6.07) is 4.99. The van der Waals surface area contributed by atoms with E-state index in [0.717, 1.165) is 29.6 Å². The standard InChI is InChI=1S/C14H21BrN2O3/c1-14(2,4-5-20-3)10-16-9-11-6-12(15)8-13(7-11)17(18)19/h6-8,16H,4-5,9-10H2,1-3H3. The second-order valence-corrected chi connectivity index (χ2v) is 6.50. The molecule has 6 heteroatoms. The molecule has 0 amide bonds. The first kappa shape index (κ1) is 17.1. The van der Waals surface area contributed by atoms with Crippen LogP contribution in [-0.4, -0.2) is 25.2 Å². The van der Waals surface area contributed by atoms with E-state index < -0.39 is 0 Å². The van der Waals surface area contributed by atoms with Gasteiger partial charge in [-0.05, 0) is 23.5 Å². The van der Waals surface area contributed by atoms with Gasteiger partial charge >= 0.3 is 0 Å². The van der Waals surface area contributed by atoms with Gasteiger partial charge in [-0.25, -0.2) is 0 Å². The van der Waals surface area contributed by atoms with Crippen LogP contribution in [0.25, 0.3) is 0 Å². The molecule has 0 aliphatic carbocycles. The van der Waals surface area contributed by atoms with E-state index in [9.17, 15) is 10.1 Å². The van der Waals surface area contributed by atoms with E-state index in [2.05, 4.69) is 35.1 Å². The number of rotatable bonds is 8. The molecule has 0 fully saturated rings. The molecule has 0 saturated heterocycles. The van der Waals surface area contributed by atoms with Crippen LogP contribution < -0.4 is 5.32 Å². The van der Waals surface area contributed by atoms with Crippen LogP contribution in [0, 0.1) is 15.5 Å². The van der Waals surface area contributed by atoms with Crippen molar-refractivity contribution in [3.63, 3.8) is 0 Å². The Hall–Kier alpha value is -0.980. The highest BCUT2D eigenvalue weighted by atomic mass is 79.9. The summed E-state index contributed by atoms with van der Waals surface area (Å²) in [4.78, 5) is 10.4. The molecule has 0 radical (unpaired) electrons. The van der Waals surface area contributed by atoms with Gasteiger partial charge in [0.15, 0.2) is 0 Å². The second-order valence-electron chi connectivity index (χ2n) is 5.59.